The molecule has 140 valence electrons. The summed E-state index contributed by atoms with van der Waals surface area (Å²) in [5, 5.41) is 11.1. The number of rotatable bonds is 4. The molecule has 26 heavy (non-hydrogen) atoms. The predicted octanol–water partition coefficient (Wildman–Crippen LogP) is 2.42. The van der Waals surface area contributed by atoms with Crippen LogP contribution < -0.4 is 10.6 Å². The Kier molecular flexibility index (Phi) is 3.80. The summed E-state index contributed by atoms with van der Waals surface area (Å²) in [5.41, 5.74) is 0.00183. The minimum Gasteiger partial charge on any atom is -0.345 e. The molecule has 1 aliphatic heterocycles. The van der Waals surface area contributed by atoms with E-state index < -0.39 is 18.3 Å². The zero-order valence-corrected chi connectivity index (χ0v) is 14.6. The standard InChI is InChI=1S/C18H21F3N4O/c1-17(2,23-16(26)14-11-7-22-8-12(11)14)15-10-5-3-4-6-13(10)25(24-15)9-18(19,20)21/h3-6,11-12,14,22H,7-9H2,1-2H3,(H,23,26)/t11-,12?,14?/m1/s1. The van der Waals surface area contributed by atoms with Gasteiger partial charge >= 0.3 is 6.18 Å². The molecule has 0 radical (unpaired) electrons. The van der Waals surface area contributed by atoms with Crippen LogP contribution in [0.2, 0.25) is 0 Å². The van der Waals surface area contributed by atoms with Crippen molar-refractivity contribution in [2.24, 2.45) is 17.8 Å². The number of aromatic nitrogens is 2. The van der Waals surface area contributed by atoms with E-state index in [1.165, 1.54) is 0 Å². The quantitative estimate of drug-likeness (QED) is 0.874. The number of carbonyl (C=O) groups excluding carboxylic acids is 1. The van der Waals surface area contributed by atoms with Gasteiger partial charge in [0.1, 0.15) is 6.54 Å². The molecule has 1 aliphatic carbocycles. The number of halogens is 3. The summed E-state index contributed by atoms with van der Waals surface area (Å²) in [6.45, 7) is 4.12. The predicted molar refractivity (Wildman–Crippen MR) is 90.3 cm³/mol. The fourth-order valence-corrected chi connectivity index (χ4v) is 4.14. The number of hydrogen-bond donors (Lipinski definition) is 2. The number of hydrogen-bond acceptors (Lipinski definition) is 3. The van der Waals surface area contributed by atoms with Crippen molar-refractivity contribution < 1.29 is 18.0 Å². The minimum atomic E-state index is -4.36. The van der Waals surface area contributed by atoms with Crippen molar-refractivity contribution in [1.82, 2.24) is 20.4 Å². The van der Waals surface area contributed by atoms with Gasteiger partial charge in [-0.1, -0.05) is 18.2 Å². The van der Waals surface area contributed by atoms with Crippen LogP contribution in [0.1, 0.15) is 19.5 Å². The van der Waals surface area contributed by atoms with Crippen LogP contribution in [0.3, 0.4) is 0 Å². The number of nitrogens with zero attached hydrogens (tertiary/aromatic N) is 2. The molecule has 2 fully saturated rings. The highest BCUT2D eigenvalue weighted by molar-refractivity contribution is 5.86. The molecule has 1 aromatic heterocycles. The largest absolute Gasteiger partial charge is 0.408 e. The Morgan fingerprint density at radius 2 is 1.92 bits per heavy atom. The second-order valence-electron chi connectivity index (χ2n) is 7.76. The van der Waals surface area contributed by atoms with Crippen LogP contribution >= 0.6 is 0 Å². The van der Waals surface area contributed by atoms with Gasteiger partial charge in [-0.25, -0.2) is 0 Å². The second kappa shape index (κ2) is 5.70. The summed E-state index contributed by atoms with van der Waals surface area (Å²) in [4.78, 5) is 12.6. The number of carbonyl (C=O) groups is 1. The van der Waals surface area contributed by atoms with Crippen molar-refractivity contribution in [1.29, 1.82) is 0 Å². The Bertz CT molecular complexity index is 848. The van der Waals surface area contributed by atoms with Crippen LogP contribution in [0.15, 0.2) is 24.3 Å². The van der Waals surface area contributed by atoms with Gasteiger partial charge in [-0.2, -0.15) is 18.3 Å². The topological polar surface area (TPSA) is 59.0 Å². The summed E-state index contributed by atoms with van der Waals surface area (Å²) in [5.74, 6) is 0.718. The molecule has 1 saturated carbocycles. The number of amides is 1. The highest BCUT2D eigenvalue weighted by atomic mass is 19.4. The summed E-state index contributed by atoms with van der Waals surface area (Å²) in [6, 6.07) is 6.81. The van der Waals surface area contributed by atoms with Crippen LogP contribution in [-0.4, -0.2) is 35.0 Å². The lowest BCUT2D eigenvalue weighted by atomic mass is 9.96. The molecule has 2 aromatic rings. The molecular formula is C18H21F3N4O. The molecule has 0 spiro atoms. The van der Waals surface area contributed by atoms with Gasteiger partial charge < -0.3 is 10.6 Å². The number of fused-ring (bicyclic) bond motifs is 2. The van der Waals surface area contributed by atoms with E-state index in [2.05, 4.69) is 15.7 Å². The van der Waals surface area contributed by atoms with Crippen LogP contribution in [0, 0.1) is 17.8 Å². The van der Waals surface area contributed by atoms with E-state index in [9.17, 15) is 18.0 Å². The number of piperidine rings is 1. The SMILES string of the molecule is CC(C)(NC(=O)C1C2CNC[C@H]21)c1nn(CC(F)(F)F)c2ccccc12. The molecular weight excluding hydrogens is 345 g/mol. The van der Waals surface area contributed by atoms with E-state index >= 15 is 0 Å². The van der Waals surface area contributed by atoms with Crippen LogP contribution in [0.4, 0.5) is 13.2 Å². The third-order valence-electron chi connectivity index (χ3n) is 5.41. The first-order valence-corrected chi connectivity index (χ1v) is 8.73. The Balaban J connectivity index is 1.63. The molecule has 2 aliphatic rings. The van der Waals surface area contributed by atoms with E-state index in [0.717, 1.165) is 17.8 Å². The van der Waals surface area contributed by atoms with Crippen molar-refractivity contribution in [3.8, 4) is 0 Å². The number of para-hydroxylation sites is 1. The van der Waals surface area contributed by atoms with Gasteiger partial charge in [0.25, 0.3) is 0 Å². The molecule has 4 rings (SSSR count). The first-order chi connectivity index (χ1) is 12.2. The van der Waals surface area contributed by atoms with E-state index in [-0.39, 0.29) is 11.8 Å². The number of alkyl halides is 3. The Labute approximate surface area is 148 Å². The monoisotopic (exact) mass is 366 g/mol. The molecule has 1 amide bonds. The highest BCUT2D eigenvalue weighted by Crippen LogP contribution is 2.49. The maximum absolute atomic E-state index is 12.9. The molecule has 5 nitrogen and oxygen atoms in total. The lowest BCUT2D eigenvalue weighted by Crippen LogP contribution is -2.43. The molecule has 3 atom stereocenters. The van der Waals surface area contributed by atoms with Gasteiger partial charge in [0, 0.05) is 11.3 Å². The third-order valence-corrected chi connectivity index (χ3v) is 5.41. The second-order valence-corrected chi connectivity index (χ2v) is 7.76. The van der Waals surface area contributed by atoms with E-state index in [1.54, 1.807) is 38.1 Å². The molecule has 8 heteroatoms. The van der Waals surface area contributed by atoms with Crippen LogP contribution in [0.25, 0.3) is 10.9 Å². The molecule has 1 saturated heterocycles. The van der Waals surface area contributed by atoms with Crippen molar-refractivity contribution in [3.05, 3.63) is 30.0 Å². The van der Waals surface area contributed by atoms with Crippen LogP contribution in [-0.2, 0) is 16.9 Å². The Morgan fingerprint density at radius 1 is 1.27 bits per heavy atom. The maximum atomic E-state index is 12.9. The molecule has 1 aromatic carbocycles. The average Bonchev–Trinajstić information content (AvgIpc) is 2.88. The highest BCUT2D eigenvalue weighted by Gasteiger charge is 2.57. The average molecular weight is 366 g/mol. The van der Waals surface area contributed by atoms with Crippen molar-refractivity contribution >= 4 is 16.8 Å². The zero-order valence-electron chi connectivity index (χ0n) is 14.6. The van der Waals surface area contributed by atoms with Gasteiger partial charge in [-0.15, -0.1) is 0 Å². The first-order valence-electron chi connectivity index (χ1n) is 8.73. The molecule has 0 bridgehead atoms. The summed E-state index contributed by atoms with van der Waals surface area (Å²) < 4.78 is 39.6. The molecule has 2 unspecified atom stereocenters. The summed E-state index contributed by atoms with van der Waals surface area (Å²) >= 11 is 0. The van der Waals surface area contributed by atoms with Crippen molar-refractivity contribution in [2.75, 3.05) is 13.1 Å². The molecule has 2 N–H and O–H groups in total. The van der Waals surface area contributed by atoms with E-state index in [0.29, 0.717) is 28.4 Å². The fraction of sp³-hybridized carbons (Fsp3) is 0.556. The Morgan fingerprint density at radius 3 is 2.58 bits per heavy atom. The normalized spacial score (nSPS) is 25.3. The lowest BCUT2D eigenvalue weighted by molar-refractivity contribution is -0.142. The lowest BCUT2D eigenvalue weighted by Gasteiger charge is -2.25. The van der Waals surface area contributed by atoms with Gasteiger partial charge in [0.05, 0.1) is 16.7 Å². The summed E-state index contributed by atoms with van der Waals surface area (Å²) in [6.07, 6.45) is -4.36. The fourth-order valence-electron chi connectivity index (χ4n) is 4.14. The van der Waals surface area contributed by atoms with E-state index in [1.807, 2.05) is 0 Å². The van der Waals surface area contributed by atoms with Gasteiger partial charge in [0.15, 0.2) is 0 Å². The summed E-state index contributed by atoms with van der Waals surface area (Å²) in [7, 11) is 0. The van der Waals surface area contributed by atoms with E-state index in [4.69, 9.17) is 0 Å². The van der Waals surface area contributed by atoms with Gasteiger partial charge in [-0.05, 0) is 44.8 Å². The number of nitrogens with one attached hydrogen (secondary N) is 2. The van der Waals surface area contributed by atoms with Gasteiger partial charge in [0.2, 0.25) is 5.91 Å². The van der Waals surface area contributed by atoms with Gasteiger partial charge in [-0.3, -0.25) is 9.48 Å². The minimum absolute atomic E-state index is 0.000880. The molecule has 2 heterocycles. The van der Waals surface area contributed by atoms with Crippen molar-refractivity contribution in [3.63, 3.8) is 0 Å². The van der Waals surface area contributed by atoms with Crippen LogP contribution in [0.5, 0.6) is 0 Å². The zero-order chi connectivity index (χ0) is 18.7. The number of benzene rings is 1. The van der Waals surface area contributed by atoms with Crippen molar-refractivity contribution in [2.45, 2.75) is 32.1 Å². The maximum Gasteiger partial charge on any atom is 0.408 e. The smallest absolute Gasteiger partial charge is 0.345 e. The third kappa shape index (κ3) is 2.96. The first kappa shape index (κ1) is 17.3. The Hall–Kier alpha value is -2.09.